The van der Waals surface area contributed by atoms with Crippen LogP contribution in [0.2, 0.25) is 0 Å². The summed E-state index contributed by atoms with van der Waals surface area (Å²) in [6, 6.07) is 6.13. The molecule has 0 bridgehead atoms. The number of hydrazone groups is 1. The zero-order chi connectivity index (χ0) is 14.7. The van der Waals surface area contributed by atoms with Gasteiger partial charge in [-0.25, -0.2) is 5.43 Å². The first-order chi connectivity index (χ1) is 9.47. The molecule has 104 valence electrons. The Labute approximate surface area is 117 Å². The van der Waals surface area contributed by atoms with Crippen molar-refractivity contribution in [1.29, 1.82) is 0 Å². The smallest absolute Gasteiger partial charge is 0.274 e. The SMILES string of the molecule is C/C(=N/Nc1nnc(C)c(=O)[nH]1)c1ccc(C)c(C)c1. The minimum atomic E-state index is -0.276. The van der Waals surface area contributed by atoms with Gasteiger partial charge in [-0.15, -0.1) is 10.2 Å². The molecule has 2 rings (SSSR count). The molecule has 20 heavy (non-hydrogen) atoms. The van der Waals surface area contributed by atoms with Gasteiger partial charge in [-0.2, -0.15) is 5.10 Å². The fraction of sp³-hybridized carbons (Fsp3) is 0.286. The van der Waals surface area contributed by atoms with Gasteiger partial charge in [0.15, 0.2) is 0 Å². The lowest BCUT2D eigenvalue weighted by atomic mass is 10.0. The van der Waals surface area contributed by atoms with E-state index in [-0.39, 0.29) is 11.5 Å². The van der Waals surface area contributed by atoms with E-state index < -0.39 is 0 Å². The minimum Gasteiger partial charge on any atom is -0.288 e. The van der Waals surface area contributed by atoms with E-state index in [1.165, 1.54) is 11.1 Å². The summed E-state index contributed by atoms with van der Waals surface area (Å²) in [5.74, 6) is 0.226. The number of hydrogen-bond donors (Lipinski definition) is 2. The zero-order valence-electron chi connectivity index (χ0n) is 12.0. The molecule has 0 aliphatic rings. The molecule has 0 aliphatic carbocycles. The van der Waals surface area contributed by atoms with Gasteiger partial charge in [-0.3, -0.25) is 9.78 Å². The van der Waals surface area contributed by atoms with Crippen molar-refractivity contribution in [3.63, 3.8) is 0 Å². The monoisotopic (exact) mass is 271 g/mol. The Hall–Kier alpha value is -2.50. The molecule has 0 spiro atoms. The van der Waals surface area contributed by atoms with Crippen molar-refractivity contribution >= 4 is 11.7 Å². The summed E-state index contributed by atoms with van der Waals surface area (Å²) in [6.45, 7) is 7.61. The molecular formula is C14H17N5O. The van der Waals surface area contributed by atoms with Crippen LogP contribution in [0.15, 0.2) is 28.1 Å². The van der Waals surface area contributed by atoms with Crippen LogP contribution in [0.4, 0.5) is 5.95 Å². The van der Waals surface area contributed by atoms with Crippen LogP contribution in [0.5, 0.6) is 0 Å². The summed E-state index contributed by atoms with van der Waals surface area (Å²) in [6.07, 6.45) is 0. The number of benzene rings is 1. The van der Waals surface area contributed by atoms with Gasteiger partial charge in [0.05, 0.1) is 5.71 Å². The average Bonchev–Trinajstić information content (AvgIpc) is 2.43. The van der Waals surface area contributed by atoms with Crippen LogP contribution >= 0.6 is 0 Å². The molecule has 0 atom stereocenters. The Morgan fingerprint density at radius 3 is 2.60 bits per heavy atom. The number of nitrogens with one attached hydrogen (secondary N) is 2. The lowest BCUT2D eigenvalue weighted by molar-refractivity contribution is 0.897. The molecule has 0 saturated heterocycles. The van der Waals surface area contributed by atoms with Crippen molar-refractivity contribution in [2.75, 3.05) is 5.43 Å². The van der Waals surface area contributed by atoms with Gasteiger partial charge in [0, 0.05) is 0 Å². The number of nitrogens with zero attached hydrogens (tertiary/aromatic N) is 3. The largest absolute Gasteiger partial charge is 0.288 e. The first-order valence-corrected chi connectivity index (χ1v) is 6.29. The van der Waals surface area contributed by atoms with E-state index in [0.717, 1.165) is 11.3 Å². The highest BCUT2D eigenvalue weighted by Gasteiger charge is 2.02. The number of aryl methyl sites for hydroxylation is 3. The van der Waals surface area contributed by atoms with Crippen LogP contribution in [0, 0.1) is 20.8 Å². The lowest BCUT2D eigenvalue weighted by Crippen LogP contribution is -2.16. The highest BCUT2D eigenvalue weighted by molar-refractivity contribution is 5.99. The first-order valence-electron chi connectivity index (χ1n) is 6.29. The van der Waals surface area contributed by atoms with Gasteiger partial charge in [0.2, 0.25) is 5.95 Å². The second-order valence-corrected chi connectivity index (χ2v) is 4.70. The molecular weight excluding hydrogens is 254 g/mol. The zero-order valence-corrected chi connectivity index (χ0v) is 12.0. The maximum absolute atomic E-state index is 11.4. The number of aromatic amines is 1. The van der Waals surface area contributed by atoms with Crippen molar-refractivity contribution < 1.29 is 0 Å². The molecule has 1 aromatic heterocycles. The maximum Gasteiger partial charge on any atom is 0.274 e. The third kappa shape index (κ3) is 3.09. The molecule has 2 aromatic rings. The quantitative estimate of drug-likeness (QED) is 0.660. The fourth-order valence-corrected chi connectivity index (χ4v) is 1.61. The normalized spacial score (nSPS) is 11.5. The van der Waals surface area contributed by atoms with E-state index in [1.54, 1.807) is 6.92 Å². The van der Waals surface area contributed by atoms with Crippen molar-refractivity contribution in [3.8, 4) is 0 Å². The Balaban J connectivity index is 2.19. The minimum absolute atomic E-state index is 0.226. The molecule has 0 aliphatic heterocycles. The third-order valence-electron chi connectivity index (χ3n) is 3.11. The summed E-state index contributed by atoms with van der Waals surface area (Å²) < 4.78 is 0. The predicted molar refractivity (Wildman–Crippen MR) is 79.1 cm³/mol. The standard InChI is InChI=1S/C14H17N5O/c1-8-5-6-12(7-9(8)2)10(3)16-18-14-15-13(20)11(4)17-19-14/h5-7H,1-4H3,(H2,15,18,19,20)/b16-10-. The van der Waals surface area contributed by atoms with Crippen LogP contribution in [-0.4, -0.2) is 20.9 Å². The van der Waals surface area contributed by atoms with Gasteiger partial charge >= 0.3 is 0 Å². The van der Waals surface area contributed by atoms with E-state index in [0.29, 0.717) is 5.69 Å². The summed E-state index contributed by atoms with van der Waals surface area (Å²) in [4.78, 5) is 13.9. The van der Waals surface area contributed by atoms with Crippen molar-refractivity contribution in [2.45, 2.75) is 27.7 Å². The van der Waals surface area contributed by atoms with E-state index in [4.69, 9.17) is 0 Å². The van der Waals surface area contributed by atoms with E-state index in [2.05, 4.69) is 51.7 Å². The molecule has 0 unspecified atom stereocenters. The number of H-pyrrole nitrogens is 1. The predicted octanol–water partition coefficient (Wildman–Crippen LogP) is 1.93. The highest BCUT2D eigenvalue weighted by Crippen LogP contribution is 2.10. The molecule has 1 heterocycles. The number of aromatic nitrogens is 3. The van der Waals surface area contributed by atoms with Crippen molar-refractivity contribution in [3.05, 3.63) is 50.9 Å². The number of hydrogen-bond acceptors (Lipinski definition) is 5. The summed E-state index contributed by atoms with van der Waals surface area (Å²) in [5.41, 5.74) is 7.02. The molecule has 0 fully saturated rings. The van der Waals surface area contributed by atoms with E-state index in [9.17, 15) is 4.79 Å². The number of anilines is 1. The Kier molecular flexibility index (Phi) is 3.93. The average molecular weight is 271 g/mol. The van der Waals surface area contributed by atoms with Gasteiger partial charge in [-0.05, 0) is 50.5 Å². The van der Waals surface area contributed by atoms with Gasteiger partial charge in [0.25, 0.3) is 5.56 Å². The van der Waals surface area contributed by atoms with Crippen molar-refractivity contribution in [2.24, 2.45) is 5.10 Å². The summed E-state index contributed by atoms with van der Waals surface area (Å²) in [5, 5.41) is 11.7. The maximum atomic E-state index is 11.4. The molecule has 6 nitrogen and oxygen atoms in total. The van der Waals surface area contributed by atoms with Crippen LogP contribution in [0.3, 0.4) is 0 Å². The third-order valence-corrected chi connectivity index (χ3v) is 3.11. The van der Waals surface area contributed by atoms with Gasteiger partial charge in [0.1, 0.15) is 5.69 Å². The van der Waals surface area contributed by atoms with Gasteiger partial charge in [-0.1, -0.05) is 12.1 Å². The Morgan fingerprint density at radius 1 is 1.20 bits per heavy atom. The van der Waals surface area contributed by atoms with Crippen molar-refractivity contribution in [1.82, 2.24) is 15.2 Å². The molecule has 2 N–H and O–H groups in total. The second kappa shape index (κ2) is 5.64. The fourth-order valence-electron chi connectivity index (χ4n) is 1.61. The second-order valence-electron chi connectivity index (χ2n) is 4.70. The van der Waals surface area contributed by atoms with Gasteiger partial charge < -0.3 is 0 Å². The van der Waals surface area contributed by atoms with E-state index >= 15 is 0 Å². The van der Waals surface area contributed by atoms with E-state index in [1.807, 2.05) is 13.0 Å². The highest BCUT2D eigenvalue weighted by atomic mass is 16.1. The summed E-state index contributed by atoms with van der Waals surface area (Å²) in [7, 11) is 0. The number of rotatable bonds is 3. The molecule has 0 radical (unpaired) electrons. The molecule has 0 amide bonds. The topological polar surface area (TPSA) is 83.0 Å². The lowest BCUT2D eigenvalue weighted by Gasteiger charge is -2.05. The Bertz CT molecular complexity index is 718. The van der Waals surface area contributed by atoms with Crippen LogP contribution in [0.25, 0.3) is 0 Å². The molecule has 6 heteroatoms. The molecule has 0 saturated carbocycles. The Morgan fingerprint density at radius 2 is 1.95 bits per heavy atom. The van der Waals surface area contributed by atoms with Crippen LogP contribution < -0.4 is 11.0 Å². The van der Waals surface area contributed by atoms with Crippen LogP contribution in [-0.2, 0) is 0 Å². The van der Waals surface area contributed by atoms with Crippen LogP contribution in [0.1, 0.15) is 29.3 Å². The first kappa shape index (κ1) is 13.9. The summed E-state index contributed by atoms with van der Waals surface area (Å²) >= 11 is 0. The molecule has 1 aromatic carbocycles.